The van der Waals surface area contributed by atoms with Gasteiger partial charge >= 0.3 is 5.97 Å². The Hall–Kier alpha value is -3.15. The summed E-state index contributed by atoms with van der Waals surface area (Å²) in [5.74, 6) is -1.21. The molecule has 0 aliphatic heterocycles. The second-order valence-electron chi connectivity index (χ2n) is 6.11. The van der Waals surface area contributed by atoms with Crippen molar-refractivity contribution >= 4 is 5.97 Å². The molecule has 2 aromatic heterocycles. The Morgan fingerprint density at radius 3 is 2.36 bits per heavy atom. The number of pyridine rings is 1. The molecule has 6 nitrogen and oxygen atoms in total. The summed E-state index contributed by atoms with van der Waals surface area (Å²) in [7, 11) is 0. The summed E-state index contributed by atoms with van der Waals surface area (Å²) < 4.78 is 3.27. The topological polar surface area (TPSA) is 77.1 Å². The van der Waals surface area contributed by atoms with E-state index in [0.717, 1.165) is 17.0 Å². The fraction of sp³-hybridized carbons (Fsp3) is 0.211. The molecule has 0 bridgehead atoms. The fourth-order valence-corrected chi connectivity index (χ4v) is 2.86. The monoisotopic (exact) mass is 337 g/mol. The van der Waals surface area contributed by atoms with Crippen LogP contribution in [0, 0.1) is 20.8 Å². The maximum atomic E-state index is 12.4. The lowest BCUT2D eigenvalue weighted by Gasteiger charge is -2.10. The normalized spacial score (nSPS) is 10.8. The van der Waals surface area contributed by atoms with Crippen LogP contribution < -0.4 is 5.56 Å². The Labute approximate surface area is 145 Å². The summed E-state index contributed by atoms with van der Waals surface area (Å²) in [6.07, 6.45) is 1.60. The number of carboxylic acid groups (broad SMARTS) is 1. The number of nitrogens with zero attached hydrogens (tertiary/aromatic N) is 3. The minimum atomic E-state index is -1.21. The zero-order valence-electron chi connectivity index (χ0n) is 14.4. The van der Waals surface area contributed by atoms with Gasteiger partial charge in [-0.15, -0.1) is 0 Å². The van der Waals surface area contributed by atoms with Crippen molar-refractivity contribution in [3.05, 3.63) is 81.0 Å². The molecule has 25 heavy (non-hydrogen) atoms. The van der Waals surface area contributed by atoms with Gasteiger partial charge in [-0.25, -0.2) is 4.79 Å². The van der Waals surface area contributed by atoms with Crippen LogP contribution >= 0.6 is 0 Å². The molecule has 0 spiro atoms. The summed E-state index contributed by atoms with van der Waals surface area (Å²) in [5, 5.41) is 13.7. The molecule has 0 amide bonds. The molecule has 0 saturated carbocycles. The first-order valence-corrected chi connectivity index (χ1v) is 7.92. The molecule has 0 radical (unpaired) electrons. The number of carboxylic acids is 1. The third-order valence-corrected chi connectivity index (χ3v) is 4.16. The first-order chi connectivity index (χ1) is 11.9. The van der Waals surface area contributed by atoms with Gasteiger partial charge in [0.2, 0.25) is 0 Å². The molecule has 128 valence electrons. The van der Waals surface area contributed by atoms with Gasteiger partial charge in [0, 0.05) is 17.6 Å². The summed E-state index contributed by atoms with van der Waals surface area (Å²) in [6.45, 7) is 6.22. The lowest BCUT2D eigenvalue weighted by molar-refractivity contribution is 0.0693. The third kappa shape index (κ3) is 3.24. The average molecular weight is 337 g/mol. The smallest absolute Gasteiger partial charge is 0.341 e. The summed E-state index contributed by atoms with van der Waals surface area (Å²) >= 11 is 0. The number of aromatic carboxylic acids is 1. The Morgan fingerprint density at radius 2 is 1.80 bits per heavy atom. The van der Waals surface area contributed by atoms with Crippen molar-refractivity contribution in [1.29, 1.82) is 0 Å². The van der Waals surface area contributed by atoms with E-state index in [2.05, 4.69) is 5.10 Å². The number of aromatic nitrogens is 3. The lowest BCUT2D eigenvalue weighted by atomic mass is 10.1. The number of aryl methyl sites for hydroxylation is 3. The second-order valence-corrected chi connectivity index (χ2v) is 6.11. The number of carbonyl (C=O) groups is 1. The number of rotatable bonds is 4. The van der Waals surface area contributed by atoms with Crippen molar-refractivity contribution in [3.8, 4) is 5.69 Å². The molecule has 0 saturated heterocycles. The average Bonchev–Trinajstić information content (AvgIpc) is 2.86. The van der Waals surface area contributed by atoms with Gasteiger partial charge in [0.05, 0.1) is 12.2 Å². The molecule has 3 rings (SSSR count). The highest BCUT2D eigenvalue weighted by Gasteiger charge is 2.15. The van der Waals surface area contributed by atoms with E-state index in [1.165, 1.54) is 4.57 Å². The van der Waals surface area contributed by atoms with E-state index in [9.17, 15) is 14.7 Å². The summed E-state index contributed by atoms with van der Waals surface area (Å²) in [5.41, 5.74) is 3.46. The fourth-order valence-electron chi connectivity index (χ4n) is 2.86. The molecule has 0 aliphatic rings. The van der Waals surface area contributed by atoms with Crippen molar-refractivity contribution in [2.24, 2.45) is 0 Å². The Morgan fingerprint density at radius 1 is 1.12 bits per heavy atom. The van der Waals surface area contributed by atoms with Crippen LogP contribution in [0.2, 0.25) is 0 Å². The van der Waals surface area contributed by atoms with Gasteiger partial charge in [-0.2, -0.15) is 5.10 Å². The maximum Gasteiger partial charge on any atom is 0.341 e. The SMILES string of the molecule is Cc1cc(C)n(Cc2ccc(-n3ccc(C)c(C(=O)O)c3=O)cc2)n1. The standard InChI is InChI=1S/C19H19N3O3/c1-12-8-9-21(18(23)17(12)19(24)25)16-6-4-15(5-7-16)11-22-14(3)10-13(2)20-22/h4-10H,11H2,1-3H3,(H,24,25). The van der Waals surface area contributed by atoms with Crippen molar-refractivity contribution in [2.45, 2.75) is 27.3 Å². The van der Waals surface area contributed by atoms with E-state index in [4.69, 9.17) is 0 Å². The molecule has 1 aromatic carbocycles. The molecule has 0 fully saturated rings. The number of hydrogen-bond donors (Lipinski definition) is 1. The van der Waals surface area contributed by atoms with Crippen LogP contribution in [-0.4, -0.2) is 25.4 Å². The molecule has 0 atom stereocenters. The van der Waals surface area contributed by atoms with Crippen LogP contribution in [0.5, 0.6) is 0 Å². The molecular weight excluding hydrogens is 318 g/mol. The molecule has 6 heteroatoms. The number of benzene rings is 1. The zero-order valence-corrected chi connectivity index (χ0v) is 14.4. The van der Waals surface area contributed by atoms with Crippen molar-refractivity contribution in [2.75, 3.05) is 0 Å². The predicted molar refractivity (Wildman–Crippen MR) is 94.5 cm³/mol. The van der Waals surface area contributed by atoms with Gasteiger partial charge in [0.25, 0.3) is 5.56 Å². The minimum absolute atomic E-state index is 0.200. The summed E-state index contributed by atoms with van der Waals surface area (Å²) in [4.78, 5) is 23.7. The molecule has 1 N–H and O–H groups in total. The highest BCUT2D eigenvalue weighted by molar-refractivity contribution is 5.88. The van der Waals surface area contributed by atoms with Crippen LogP contribution in [-0.2, 0) is 6.54 Å². The Balaban J connectivity index is 1.93. The van der Waals surface area contributed by atoms with E-state index in [1.807, 2.05) is 48.9 Å². The highest BCUT2D eigenvalue weighted by Crippen LogP contribution is 2.12. The minimum Gasteiger partial charge on any atom is -0.477 e. The van der Waals surface area contributed by atoms with Crippen LogP contribution in [0.15, 0.2) is 47.4 Å². The van der Waals surface area contributed by atoms with Crippen molar-refractivity contribution in [3.63, 3.8) is 0 Å². The van der Waals surface area contributed by atoms with Crippen molar-refractivity contribution in [1.82, 2.24) is 14.3 Å². The highest BCUT2D eigenvalue weighted by atomic mass is 16.4. The van der Waals surface area contributed by atoms with Crippen molar-refractivity contribution < 1.29 is 9.90 Å². The van der Waals surface area contributed by atoms with Crippen LogP contribution in [0.1, 0.15) is 32.9 Å². The van der Waals surface area contributed by atoms with Crippen LogP contribution in [0.3, 0.4) is 0 Å². The van der Waals surface area contributed by atoms with E-state index in [-0.39, 0.29) is 5.56 Å². The van der Waals surface area contributed by atoms with Gasteiger partial charge < -0.3 is 5.11 Å². The number of hydrogen-bond acceptors (Lipinski definition) is 3. The van der Waals surface area contributed by atoms with Gasteiger partial charge in [-0.3, -0.25) is 14.0 Å². The maximum absolute atomic E-state index is 12.4. The lowest BCUT2D eigenvalue weighted by Crippen LogP contribution is -2.26. The van der Waals surface area contributed by atoms with Gasteiger partial charge in [-0.05, 0) is 56.2 Å². The van der Waals surface area contributed by atoms with Gasteiger partial charge in [0.1, 0.15) is 5.56 Å². The quantitative estimate of drug-likeness (QED) is 0.794. The van der Waals surface area contributed by atoms with Gasteiger partial charge in [-0.1, -0.05) is 12.1 Å². The third-order valence-electron chi connectivity index (χ3n) is 4.16. The molecule has 0 aliphatic carbocycles. The van der Waals surface area contributed by atoms with Crippen LogP contribution in [0.4, 0.5) is 0 Å². The van der Waals surface area contributed by atoms with E-state index in [0.29, 0.717) is 17.8 Å². The molecular formula is C19H19N3O3. The first kappa shape index (κ1) is 16.7. The van der Waals surface area contributed by atoms with Gasteiger partial charge in [0.15, 0.2) is 0 Å². The molecule has 0 unspecified atom stereocenters. The van der Waals surface area contributed by atoms with E-state index >= 15 is 0 Å². The zero-order chi connectivity index (χ0) is 18.1. The van der Waals surface area contributed by atoms with E-state index < -0.39 is 11.5 Å². The first-order valence-electron chi connectivity index (χ1n) is 7.92. The molecule has 2 heterocycles. The predicted octanol–water partition coefficient (Wildman–Crippen LogP) is 2.71. The summed E-state index contributed by atoms with van der Waals surface area (Å²) in [6, 6.07) is 11.1. The Bertz CT molecular complexity index is 998. The molecule has 3 aromatic rings. The van der Waals surface area contributed by atoms with E-state index in [1.54, 1.807) is 19.2 Å². The Kier molecular flexibility index (Phi) is 4.27. The van der Waals surface area contributed by atoms with Crippen LogP contribution in [0.25, 0.3) is 5.69 Å². The second kappa shape index (κ2) is 6.39. The largest absolute Gasteiger partial charge is 0.477 e.